The minimum atomic E-state index is -0.797. The first-order chi connectivity index (χ1) is 12.4. The minimum absolute atomic E-state index is 0.106. The van der Waals surface area contributed by atoms with Crippen molar-refractivity contribution in [3.8, 4) is 0 Å². The molecule has 138 valence electrons. The van der Waals surface area contributed by atoms with Crippen LogP contribution in [0.3, 0.4) is 0 Å². The number of hydrogen-bond acceptors (Lipinski definition) is 2. The molecule has 2 aromatic carbocycles. The molecule has 0 saturated carbocycles. The number of carbonyl (C=O) groups is 2. The Kier molecular flexibility index (Phi) is 6.83. The summed E-state index contributed by atoms with van der Waals surface area (Å²) in [4.78, 5) is 24.6. The van der Waals surface area contributed by atoms with Gasteiger partial charge in [0.1, 0.15) is 17.7 Å². The molecule has 1 atom stereocenters. The quantitative estimate of drug-likeness (QED) is 0.797. The van der Waals surface area contributed by atoms with E-state index >= 15 is 0 Å². The van der Waals surface area contributed by atoms with Crippen molar-refractivity contribution >= 4 is 11.8 Å². The third-order valence-electron chi connectivity index (χ3n) is 3.96. The summed E-state index contributed by atoms with van der Waals surface area (Å²) in [5, 5.41) is 5.31. The normalized spacial score (nSPS) is 11.9. The molecular formula is C20H22F2N2O2. The molecule has 26 heavy (non-hydrogen) atoms. The molecule has 0 bridgehead atoms. The van der Waals surface area contributed by atoms with Crippen LogP contribution < -0.4 is 10.6 Å². The zero-order valence-corrected chi connectivity index (χ0v) is 14.8. The maximum Gasteiger partial charge on any atom is 0.254 e. The van der Waals surface area contributed by atoms with E-state index in [0.717, 1.165) is 5.56 Å². The summed E-state index contributed by atoms with van der Waals surface area (Å²) in [6, 6.07) is 11.0. The average Bonchev–Trinajstić information content (AvgIpc) is 2.59. The molecule has 0 aliphatic rings. The van der Waals surface area contributed by atoms with Gasteiger partial charge in [0.15, 0.2) is 0 Å². The van der Waals surface area contributed by atoms with E-state index in [1.807, 2.05) is 0 Å². The smallest absolute Gasteiger partial charge is 0.254 e. The molecule has 2 rings (SSSR count). The Morgan fingerprint density at radius 2 is 1.77 bits per heavy atom. The van der Waals surface area contributed by atoms with Crippen molar-refractivity contribution in [3.63, 3.8) is 0 Å². The van der Waals surface area contributed by atoms with Crippen molar-refractivity contribution in [2.24, 2.45) is 5.92 Å². The second-order valence-electron chi connectivity index (χ2n) is 6.35. The maximum absolute atomic E-state index is 13.7. The molecule has 2 aromatic rings. The number of rotatable bonds is 7. The molecule has 1 unspecified atom stereocenters. The lowest BCUT2D eigenvalue weighted by Gasteiger charge is -2.22. The van der Waals surface area contributed by atoms with E-state index in [9.17, 15) is 18.4 Å². The van der Waals surface area contributed by atoms with Gasteiger partial charge in [-0.2, -0.15) is 0 Å². The molecule has 4 nitrogen and oxygen atoms in total. The van der Waals surface area contributed by atoms with Crippen molar-refractivity contribution in [3.05, 3.63) is 71.3 Å². The van der Waals surface area contributed by atoms with Gasteiger partial charge in [-0.25, -0.2) is 8.78 Å². The SMILES string of the molecule is CC(C)C(NC(=O)c1ccccc1F)C(=O)NCCc1cccc(F)c1. The number of halogens is 2. The topological polar surface area (TPSA) is 58.2 Å². The van der Waals surface area contributed by atoms with Crippen molar-refractivity contribution in [1.29, 1.82) is 0 Å². The molecule has 0 spiro atoms. The van der Waals surface area contributed by atoms with Crippen LogP contribution in [0.5, 0.6) is 0 Å². The summed E-state index contributed by atoms with van der Waals surface area (Å²) in [5.41, 5.74) is 0.660. The second kappa shape index (κ2) is 9.08. The van der Waals surface area contributed by atoms with E-state index in [4.69, 9.17) is 0 Å². The Morgan fingerprint density at radius 1 is 1.04 bits per heavy atom. The van der Waals surface area contributed by atoms with Gasteiger partial charge in [-0.05, 0) is 42.2 Å². The molecule has 0 aliphatic carbocycles. The number of nitrogens with one attached hydrogen (secondary N) is 2. The van der Waals surface area contributed by atoms with Gasteiger partial charge in [0.25, 0.3) is 5.91 Å². The van der Waals surface area contributed by atoms with Gasteiger partial charge >= 0.3 is 0 Å². The van der Waals surface area contributed by atoms with E-state index in [1.165, 1.54) is 30.3 Å². The average molecular weight is 360 g/mol. The van der Waals surface area contributed by atoms with Gasteiger partial charge in [-0.3, -0.25) is 9.59 Å². The van der Waals surface area contributed by atoms with Crippen molar-refractivity contribution in [2.75, 3.05) is 6.54 Å². The van der Waals surface area contributed by atoms with E-state index in [1.54, 1.807) is 32.0 Å². The number of hydrogen-bond donors (Lipinski definition) is 2. The van der Waals surface area contributed by atoms with Gasteiger partial charge in [0, 0.05) is 6.54 Å². The second-order valence-corrected chi connectivity index (χ2v) is 6.35. The molecule has 2 N–H and O–H groups in total. The molecule has 0 fully saturated rings. The van der Waals surface area contributed by atoms with Gasteiger partial charge in [0.05, 0.1) is 5.56 Å². The van der Waals surface area contributed by atoms with Crippen molar-refractivity contribution in [2.45, 2.75) is 26.3 Å². The maximum atomic E-state index is 13.7. The number of benzene rings is 2. The van der Waals surface area contributed by atoms with Crippen molar-refractivity contribution < 1.29 is 18.4 Å². The Balaban J connectivity index is 1.94. The van der Waals surface area contributed by atoms with Gasteiger partial charge in [-0.15, -0.1) is 0 Å². The van der Waals surface area contributed by atoms with Crippen LogP contribution in [0.1, 0.15) is 29.8 Å². The number of carbonyl (C=O) groups excluding carboxylic acids is 2. The zero-order chi connectivity index (χ0) is 19.1. The Bertz CT molecular complexity index is 778. The van der Waals surface area contributed by atoms with E-state index < -0.39 is 17.8 Å². The summed E-state index contributed by atoms with van der Waals surface area (Å²) in [7, 11) is 0. The third-order valence-corrected chi connectivity index (χ3v) is 3.96. The fraction of sp³-hybridized carbons (Fsp3) is 0.300. The summed E-state index contributed by atoms with van der Waals surface area (Å²) in [6.07, 6.45) is 0.468. The predicted octanol–water partition coefficient (Wildman–Crippen LogP) is 3.08. The highest BCUT2D eigenvalue weighted by Gasteiger charge is 2.25. The molecule has 2 amide bonds. The number of amides is 2. The fourth-order valence-electron chi connectivity index (χ4n) is 2.53. The van der Waals surface area contributed by atoms with E-state index in [2.05, 4.69) is 10.6 Å². The first-order valence-electron chi connectivity index (χ1n) is 8.46. The highest BCUT2D eigenvalue weighted by atomic mass is 19.1. The first kappa shape index (κ1) is 19.6. The lowest BCUT2D eigenvalue weighted by atomic mass is 10.0. The first-order valence-corrected chi connectivity index (χ1v) is 8.46. The van der Waals surface area contributed by atoms with Crippen LogP contribution in [0, 0.1) is 17.6 Å². The van der Waals surface area contributed by atoms with Crippen molar-refractivity contribution in [1.82, 2.24) is 10.6 Å². The molecule has 0 saturated heterocycles. The van der Waals surface area contributed by atoms with Gasteiger partial charge < -0.3 is 10.6 Å². The Morgan fingerprint density at radius 3 is 2.42 bits per heavy atom. The summed E-state index contributed by atoms with van der Waals surface area (Å²) >= 11 is 0. The molecule has 0 aromatic heterocycles. The third kappa shape index (κ3) is 5.37. The minimum Gasteiger partial charge on any atom is -0.354 e. The zero-order valence-electron chi connectivity index (χ0n) is 14.8. The van der Waals surface area contributed by atoms with Crippen LogP contribution in [0.2, 0.25) is 0 Å². The largest absolute Gasteiger partial charge is 0.354 e. The summed E-state index contributed by atoms with van der Waals surface area (Å²) in [5.74, 6) is -2.15. The molecule has 0 aliphatic heterocycles. The van der Waals surface area contributed by atoms with E-state index in [-0.39, 0.29) is 23.2 Å². The van der Waals surface area contributed by atoms with E-state index in [0.29, 0.717) is 13.0 Å². The van der Waals surface area contributed by atoms with Crippen LogP contribution >= 0.6 is 0 Å². The van der Waals surface area contributed by atoms with Gasteiger partial charge in [-0.1, -0.05) is 38.1 Å². The highest BCUT2D eigenvalue weighted by Crippen LogP contribution is 2.09. The van der Waals surface area contributed by atoms with Crippen LogP contribution in [0.15, 0.2) is 48.5 Å². The van der Waals surface area contributed by atoms with Crippen LogP contribution in [0.4, 0.5) is 8.78 Å². The molecule has 0 heterocycles. The highest BCUT2D eigenvalue weighted by molar-refractivity contribution is 5.97. The molecule has 6 heteroatoms. The standard InChI is InChI=1S/C20H22F2N2O2/c1-13(2)18(24-19(25)16-8-3-4-9-17(16)22)20(26)23-11-10-14-6-5-7-15(21)12-14/h3-9,12-13,18H,10-11H2,1-2H3,(H,23,26)(H,24,25). The fourth-order valence-corrected chi connectivity index (χ4v) is 2.53. The molecular weight excluding hydrogens is 338 g/mol. The summed E-state index contributed by atoms with van der Waals surface area (Å²) in [6.45, 7) is 3.89. The monoisotopic (exact) mass is 360 g/mol. The van der Waals surface area contributed by atoms with Crippen LogP contribution in [0.25, 0.3) is 0 Å². The van der Waals surface area contributed by atoms with Crippen LogP contribution in [-0.2, 0) is 11.2 Å². The summed E-state index contributed by atoms with van der Waals surface area (Å²) < 4.78 is 26.9. The Hall–Kier alpha value is -2.76. The van der Waals surface area contributed by atoms with Gasteiger partial charge in [0.2, 0.25) is 5.91 Å². The lowest BCUT2D eigenvalue weighted by molar-refractivity contribution is -0.123. The lowest BCUT2D eigenvalue weighted by Crippen LogP contribution is -2.50. The van der Waals surface area contributed by atoms with Crippen LogP contribution in [-0.4, -0.2) is 24.4 Å². The Labute approximate surface area is 151 Å². The molecule has 0 radical (unpaired) electrons. The predicted molar refractivity (Wildman–Crippen MR) is 95.6 cm³/mol.